The highest BCUT2D eigenvalue weighted by Crippen LogP contribution is 2.29. The van der Waals surface area contributed by atoms with Crippen molar-refractivity contribution < 1.29 is 0 Å². The summed E-state index contributed by atoms with van der Waals surface area (Å²) in [5.74, 6) is 0. The Labute approximate surface area is 88.8 Å². The second-order valence-corrected chi connectivity index (χ2v) is 5.63. The van der Waals surface area contributed by atoms with Gasteiger partial charge in [0.1, 0.15) is 0 Å². The molecule has 1 rings (SSSR count). The highest BCUT2D eigenvalue weighted by atomic mass is 15.2. The summed E-state index contributed by atoms with van der Waals surface area (Å²) in [5, 5.41) is 0. The fourth-order valence-corrected chi connectivity index (χ4v) is 2.70. The largest absolute Gasteiger partial charge is 0.326 e. The van der Waals surface area contributed by atoms with Crippen molar-refractivity contribution in [3.05, 3.63) is 0 Å². The molecule has 84 valence electrons. The molecule has 2 heteroatoms. The molecule has 1 saturated heterocycles. The molecule has 0 spiro atoms. The van der Waals surface area contributed by atoms with Crippen molar-refractivity contribution in [3.63, 3.8) is 0 Å². The van der Waals surface area contributed by atoms with Gasteiger partial charge >= 0.3 is 0 Å². The lowest BCUT2D eigenvalue weighted by Crippen LogP contribution is -2.53. The molecule has 1 fully saturated rings. The Morgan fingerprint density at radius 3 is 2.07 bits per heavy atom. The van der Waals surface area contributed by atoms with E-state index in [1.807, 2.05) is 0 Å². The molecule has 0 amide bonds. The highest BCUT2D eigenvalue weighted by Gasteiger charge is 2.35. The number of hydrogen-bond acceptors (Lipinski definition) is 2. The fraction of sp³-hybridized carbons (Fsp3) is 1.00. The van der Waals surface area contributed by atoms with Crippen molar-refractivity contribution in [1.29, 1.82) is 0 Å². The lowest BCUT2D eigenvalue weighted by molar-refractivity contribution is 0.0984. The van der Waals surface area contributed by atoms with Gasteiger partial charge in [-0.3, -0.25) is 4.90 Å². The summed E-state index contributed by atoms with van der Waals surface area (Å²) < 4.78 is 0. The Kier molecular flexibility index (Phi) is 3.96. The van der Waals surface area contributed by atoms with Crippen LogP contribution < -0.4 is 5.73 Å². The minimum atomic E-state index is 0.305. The van der Waals surface area contributed by atoms with Crippen molar-refractivity contribution in [2.45, 2.75) is 59.0 Å². The average Bonchev–Trinajstić information content (AvgIpc) is 2.54. The van der Waals surface area contributed by atoms with Crippen LogP contribution in [-0.4, -0.2) is 30.1 Å². The van der Waals surface area contributed by atoms with Crippen LogP contribution in [0.25, 0.3) is 0 Å². The zero-order valence-electron chi connectivity index (χ0n) is 10.2. The Hall–Kier alpha value is -0.0800. The van der Waals surface area contributed by atoms with Crippen LogP contribution in [0.5, 0.6) is 0 Å². The maximum atomic E-state index is 6.24. The molecule has 1 aliphatic rings. The second kappa shape index (κ2) is 4.63. The van der Waals surface area contributed by atoms with E-state index in [1.165, 1.54) is 25.9 Å². The highest BCUT2D eigenvalue weighted by molar-refractivity contribution is 4.92. The van der Waals surface area contributed by atoms with Crippen LogP contribution in [0.1, 0.15) is 47.0 Å². The molecule has 0 aromatic heterocycles. The molecule has 0 aliphatic carbocycles. The van der Waals surface area contributed by atoms with Gasteiger partial charge in [0.05, 0.1) is 0 Å². The van der Waals surface area contributed by atoms with E-state index in [1.54, 1.807) is 0 Å². The summed E-state index contributed by atoms with van der Waals surface area (Å²) >= 11 is 0. The Balaban J connectivity index is 2.70. The summed E-state index contributed by atoms with van der Waals surface area (Å²) in [6, 6.07) is 0.878. The van der Waals surface area contributed by atoms with E-state index in [4.69, 9.17) is 5.73 Å². The summed E-state index contributed by atoms with van der Waals surface area (Å²) in [4.78, 5) is 2.59. The van der Waals surface area contributed by atoms with Gasteiger partial charge in [-0.1, -0.05) is 27.7 Å². The lowest BCUT2D eigenvalue weighted by atomic mass is 9.80. The van der Waals surface area contributed by atoms with Gasteiger partial charge < -0.3 is 5.73 Å². The number of nitrogens with zero attached hydrogens (tertiary/aromatic N) is 1. The van der Waals surface area contributed by atoms with Gasteiger partial charge in [-0.2, -0.15) is 0 Å². The SMILES string of the molecule is CCC(N)C(N1CCCC1)C(C)(C)C. The number of nitrogens with two attached hydrogens (primary N) is 1. The molecule has 2 atom stereocenters. The van der Waals surface area contributed by atoms with Crippen LogP contribution in [0.15, 0.2) is 0 Å². The summed E-state index contributed by atoms with van der Waals surface area (Å²) in [6.07, 6.45) is 3.78. The van der Waals surface area contributed by atoms with Gasteiger partial charge in [0, 0.05) is 12.1 Å². The molecule has 2 N–H and O–H groups in total. The molecule has 0 saturated carbocycles. The van der Waals surface area contributed by atoms with Crippen molar-refractivity contribution >= 4 is 0 Å². The van der Waals surface area contributed by atoms with Crippen molar-refractivity contribution in [1.82, 2.24) is 4.90 Å². The molecular weight excluding hydrogens is 172 g/mol. The third-order valence-electron chi connectivity index (χ3n) is 3.30. The molecular formula is C12H26N2. The summed E-state index contributed by atoms with van der Waals surface area (Å²) in [7, 11) is 0. The topological polar surface area (TPSA) is 29.3 Å². The molecule has 2 nitrogen and oxygen atoms in total. The van der Waals surface area contributed by atoms with E-state index in [0.717, 1.165) is 6.42 Å². The third kappa shape index (κ3) is 2.71. The predicted molar refractivity (Wildman–Crippen MR) is 62.3 cm³/mol. The van der Waals surface area contributed by atoms with Gasteiger partial charge in [0.25, 0.3) is 0 Å². The first-order valence-corrected chi connectivity index (χ1v) is 5.96. The molecule has 1 aliphatic heterocycles. The van der Waals surface area contributed by atoms with Gasteiger partial charge in [0.2, 0.25) is 0 Å². The predicted octanol–water partition coefficient (Wildman–Crippen LogP) is 2.23. The lowest BCUT2D eigenvalue weighted by Gasteiger charge is -2.41. The van der Waals surface area contributed by atoms with Crippen molar-refractivity contribution in [2.24, 2.45) is 11.1 Å². The van der Waals surface area contributed by atoms with Crippen molar-refractivity contribution in [3.8, 4) is 0 Å². The van der Waals surface area contributed by atoms with Crippen LogP contribution in [-0.2, 0) is 0 Å². The van der Waals surface area contributed by atoms with Crippen LogP contribution in [0.4, 0.5) is 0 Å². The van der Waals surface area contributed by atoms with E-state index >= 15 is 0 Å². The Morgan fingerprint density at radius 1 is 1.21 bits per heavy atom. The van der Waals surface area contributed by atoms with Crippen LogP contribution in [0.3, 0.4) is 0 Å². The second-order valence-electron chi connectivity index (χ2n) is 5.63. The van der Waals surface area contributed by atoms with E-state index in [9.17, 15) is 0 Å². The molecule has 0 bridgehead atoms. The average molecular weight is 198 g/mol. The number of rotatable bonds is 3. The maximum Gasteiger partial charge on any atom is 0.0295 e. The van der Waals surface area contributed by atoms with Crippen LogP contribution in [0, 0.1) is 5.41 Å². The van der Waals surface area contributed by atoms with Crippen LogP contribution >= 0.6 is 0 Å². The van der Waals surface area contributed by atoms with E-state index < -0.39 is 0 Å². The quantitative estimate of drug-likeness (QED) is 0.753. The normalized spacial score (nSPS) is 23.8. The number of likely N-dealkylation sites (tertiary alicyclic amines) is 1. The standard InChI is InChI=1S/C12H26N2/c1-5-10(13)11(12(2,3)4)14-8-6-7-9-14/h10-11H,5-9,13H2,1-4H3. The molecule has 0 aromatic rings. The van der Waals surface area contributed by atoms with Crippen molar-refractivity contribution in [2.75, 3.05) is 13.1 Å². The van der Waals surface area contributed by atoms with Gasteiger partial charge in [-0.15, -0.1) is 0 Å². The third-order valence-corrected chi connectivity index (χ3v) is 3.30. The minimum Gasteiger partial charge on any atom is -0.326 e. The number of hydrogen-bond donors (Lipinski definition) is 1. The smallest absolute Gasteiger partial charge is 0.0295 e. The fourth-order valence-electron chi connectivity index (χ4n) is 2.70. The molecule has 0 aromatic carbocycles. The maximum absolute atomic E-state index is 6.24. The molecule has 14 heavy (non-hydrogen) atoms. The zero-order valence-corrected chi connectivity index (χ0v) is 10.2. The van der Waals surface area contributed by atoms with E-state index in [0.29, 0.717) is 17.5 Å². The Bertz CT molecular complexity index is 166. The summed E-state index contributed by atoms with van der Waals surface area (Å²) in [5.41, 5.74) is 6.55. The van der Waals surface area contributed by atoms with Gasteiger partial charge in [0.15, 0.2) is 0 Å². The summed E-state index contributed by atoms with van der Waals surface area (Å²) in [6.45, 7) is 11.6. The molecule has 0 radical (unpaired) electrons. The van der Waals surface area contributed by atoms with E-state index in [2.05, 4.69) is 32.6 Å². The monoisotopic (exact) mass is 198 g/mol. The first-order chi connectivity index (χ1) is 6.46. The Morgan fingerprint density at radius 2 is 1.71 bits per heavy atom. The first-order valence-electron chi connectivity index (χ1n) is 5.96. The molecule has 1 heterocycles. The zero-order chi connectivity index (χ0) is 10.8. The van der Waals surface area contributed by atoms with Crippen LogP contribution in [0.2, 0.25) is 0 Å². The minimum absolute atomic E-state index is 0.305. The molecule has 2 unspecified atom stereocenters. The van der Waals surface area contributed by atoms with E-state index in [-0.39, 0.29) is 0 Å². The van der Waals surface area contributed by atoms with Gasteiger partial charge in [-0.05, 0) is 37.8 Å². The van der Waals surface area contributed by atoms with Gasteiger partial charge in [-0.25, -0.2) is 0 Å². The first kappa shape index (κ1) is 12.0.